The van der Waals surface area contributed by atoms with Crippen LogP contribution in [0.2, 0.25) is 0 Å². The van der Waals surface area contributed by atoms with Crippen molar-refractivity contribution in [2.24, 2.45) is 0 Å². The van der Waals surface area contributed by atoms with Gasteiger partial charge in [0.05, 0.1) is 25.4 Å². The number of carbonyl (C=O) groups is 2. The number of ether oxygens (including phenoxy) is 2. The number of carbonyl (C=O) groups excluding carboxylic acids is 2. The highest BCUT2D eigenvalue weighted by atomic mass is 16.6. The molecular weight excluding hydrogens is 250 g/mol. The first-order valence-corrected chi connectivity index (χ1v) is 6.83. The van der Waals surface area contributed by atoms with E-state index < -0.39 is 0 Å². The largest absolute Gasteiger partial charge is 0.373 e. The number of amides is 4. The molecule has 1 aliphatic carbocycles. The van der Waals surface area contributed by atoms with Crippen LogP contribution in [-0.2, 0) is 9.47 Å². The van der Waals surface area contributed by atoms with Crippen LogP contribution in [0.1, 0.15) is 19.3 Å². The molecule has 3 fully saturated rings. The standard InChI is InChI=1S/C12H19N3O4/c16-11-13-3-4-15(11)12(17)14-8-1-2-9-10(7-8)19-6-5-18-9/h8-10H,1-7H2,(H,13,16)(H,14,17). The maximum Gasteiger partial charge on any atom is 0.325 e. The van der Waals surface area contributed by atoms with Gasteiger partial charge >= 0.3 is 12.1 Å². The van der Waals surface area contributed by atoms with Gasteiger partial charge in [-0.15, -0.1) is 0 Å². The van der Waals surface area contributed by atoms with Gasteiger partial charge in [-0.1, -0.05) is 0 Å². The molecule has 1 saturated carbocycles. The molecule has 0 aromatic rings. The quantitative estimate of drug-likeness (QED) is 0.705. The smallest absolute Gasteiger partial charge is 0.325 e. The summed E-state index contributed by atoms with van der Waals surface area (Å²) in [6.07, 6.45) is 2.75. The molecule has 2 heterocycles. The summed E-state index contributed by atoms with van der Waals surface area (Å²) in [6.45, 7) is 2.24. The summed E-state index contributed by atoms with van der Waals surface area (Å²) >= 11 is 0. The summed E-state index contributed by atoms with van der Waals surface area (Å²) in [7, 11) is 0. The molecular formula is C12H19N3O4. The summed E-state index contributed by atoms with van der Waals surface area (Å²) in [5, 5.41) is 5.53. The second kappa shape index (κ2) is 5.34. The predicted molar refractivity (Wildman–Crippen MR) is 65.8 cm³/mol. The van der Waals surface area contributed by atoms with E-state index in [0.717, 1.165) is 19.3 Å². The highest BCUT2D eigenvalue weighted by Gasteiger charge is 2.36. The van der Waals surface area contributed by atoms with Crippen LogP contribution in [0.15, 0.2) is 0 Å². The van der Waals surface area contributed by atoms with E-state index in [0.29, 0.717) is 26.3 Å². The zero-order valence-electron chi connectivity index (χ0n) is 10.8. The Bertz CT molecular complexity index is 376. The summed E-state index contributed by atoms with van der Waals surface area (Å²) in [5.41, 5.74) is 0. The topological polar surface area (TPSA) is 79.9 Å². The summed E-state index contributed by atoms with van der Waals surface area (Å²) in [6, 6.07) is -0.567. The fraction of sp³-hybridized carbons (Fsp3) is 0.833. The molecule has 3 atom stereocenters. The molecule has 19 heavy (non-hydrogen) atoms. The molecule has 106 valence electrons. The van der Waals surface area contributed by atoms with Crippen LogP contribution in [0.4, 0.5) is 9.59 Å². The van der Waals surface area contributed by atoms with Crippen LogP contribution in [0, 0.1) is 0 Å². The second-order valence-electron chi connectivity index (χ2n) is 5.16. The Morgan fingerprint density at radius 3 is 2.79 bits per heavy atom. The molecule has 3 rings (SSSR count). The molecule has 3 aliphatic rings. The Hall–Kier alpha value is -1.34. The minimum absolute atomic E-state index is 0.0591. The van der Waals surface area contributed by atoms with Gasteiger partial charge in [-0.2, -0.15) is 0 Å². The first-order valence-electron chi connectivity index (χ1n) is 6.83. The number of fused-ring (bicyclic) bond motifs is 1. The normalized spacial score (nSPS) is 34.6. The van der Waals surface area contributed by atoms with Crippen molar-refractivity contribution < 1.29 is 19.1 Å². The van der Waals surface area contributed by atoms with Gasteiger partial charge in [-0.25, -0.2) is 14.5 Å². The lowest BCUT2D eigenvalue weighted by Crippen LogP contribution is -2.52. The van der Waals surface area contributed by atoms with E-state index in [4.69, 9.17) is 9.47 Å². The SMILES string of the molecule is O=C1NCCN1C(=O)NC1CCC2OCCOC2C1. The number of hydrogen-bond acceptors (Lipinski definition) is 4. The number of nitrogens with zero attached hydrogens (tertiary/aromatic N) is 1. The van der Waals surface area contributed by atoms with E-state index in [1.807, 2.05) is 0 Å². The van der Waals surface area contributed by atoms with Crippen molar-refractivity contribution in [1.29, 1.82) is 0 Å². The fourth-order valence-electron chi connectivity index (χ4n) is 2.92. The number of hydrogen-bond donors (Lipinski definition) is 2. The third-order valence-corrected chi connectivity index (χ3v) is 3.91. The first-order chi connectivity index (χ1) is 9.24. The molecule has 0 spiro atoms. The summed E-state index contributed by atoms with van der Waals surface area (Å²) in [4.78, 5) is 24.6. The second-order valence-corrected chi connectivity index (χ2v) is 5.16. The van der Waals surface area contributed by atoms with Crippen molar-refractivity contribution in [2.75, 3.05) is 26.3 Å². The molecule has 2 aliphatic heterocycles. The Morgan fingerprint density at radius 1 is 1.26 bits per heavy atom. The molecule has 0 bridgehead atoms. The lowest BCUT2D eigenvalue weighted by atomic mass is 9.90. The zero-order valence-corrected chi connectivity index (χ0v) is 10.8. The van der Waals surface area contributed by atoms with E-state index in [1.165, 1.54) is 4.90 Å². The van der Waals surface area contributed by atoms with Crippen LogP contribution in [0.5, 0.6) is 0 Å². The maximum absolute atomic E-state index is 12.0. The predicted octanol–water partition coefficient (Wildman–Crippen LogP) is 0.0577. The average Bonchev–Trinajstić information content (AvgIpc) is 2.85. The van der Waals surface area contributed by atoms with E-state index in [9.17, 15) is 9.59 Å². The van der Waals surface area contributed by atoms with Gasteiger partial charge < -0.3 is 20.1 Å². The van der Waals surface area contributed by atoms with Gasteiger partial charge in [0.2, 0.25) is 0 Å². The van der Waals surface area contributed by atoms with Gasteiger partial charge in [0.25, 0.3) is 0 Å². The molecule has 0 aromatic heterocycles. The van der Waals surface area contributed by atoms with Crippen molar-refractivity contribution in [2.45, 2.75) is 37.5 Å². The van der Waals surface area contributed by atoms with E-state index in [1.54, 1.807) is 0 Å². The van der Waals surface area contributed by atoms with Crippen molar-refractivity contribution in [3.05, 3.63) is 0 Å². The average molecular weight is 269 g/mol. The first kappa shape index (κ1) is 12.7. The molecule has 2 N–H and O–H groups in total. The summed E-state index contributed by atoms with van der Waals surface area (Å²) in [5.74, 6) is 0. The van der Waals surface area contributed by atoms with Gasteiger partial charge in [-0.05, 0) is 19.3 Å². The van der Waals surface area contributed by atoms with Crippen LogP contribution in [-0.4, -0.2) is 61.5 Å². The molecule has 3 unspecified atom stereocenters. The molecule has 7 heteroatoms. The van der Waals surface area contributed by atoms with Gasteiger partial charge in [0.1, 0.15) is 0 Å². The van der Waals surface area contributed by atoms with Crippen molar-refractivity contribution in [3.8, 4) is 0 Å². The van der Waals surface area contributed by atoms with Crippen LogP contribution in [0.3, 0.4) is 0 Å². The minimum atomic E-state index is -0.316. The van der Waals surface area contributed by atoms with Crippen LogP contribution < -0.4 is 10.6 Å². The monoisotopic (exact) mass is 269 g/mol. The van der Waals surface area contributed by atoms with Crippen molar-refractivity contribution in [3.63, 3.8) is 0 Å². The number of nitrogens with one attached hydrogen (secondary N) is 2. The molecule has 7 nitrogen and oxygen atoms in total. The number of rotatable bonds is 1. The molecule has 0 radical (unpaired) electrons. The molecule has 0 aromatic carbocycles. The fourth-order valence-corrected chi connectivity index (χ4v) is 2.92. The maximum atomic E-state index is 12.0. The van der Waals surface area contributed by atoms with Crippen LogP contribution >= 0.6 is 0 Å². The highest BCUT2D eigenvalue weighted by Crippen LogP contribution is 2.26. The molecule has 2 saturated heterocycles. The number of urea groups is 2. The van der Waals surface area contributed by atoms with Crippen molar-refractivity contribution >= 4 is 12.1 Å². The molecule has 4 amide bonds. The van der Waals surface area contributed by atoms with Gasteiger partial charge in [0, 0.05) is 19.1 Å². The number of imide groups is 1. The van der Waals surface area contributed by atoms with E-state index >= 15 is 0 Å². The van der Waals surface area contributed by atoms with Gasteiger partial charge in [-0.3, -0.25) is 0 Å². The van der Waals surface area contributed by atoms with E-state index in [2.05, 4.69) is 10.6 Å². The Labute approximate surface area is 111 Å². The summed E-state index contributed by atoms with van der Waals surface area (Å²) < 4.78 is 11.3. The minimum Gasteiger partial charge on any atom is -0.373 e. The Morgan fingerprint density at radius 2 is 2.05 bits per heavy atom. The van der Waals surface area contributed by atoms with Crippen molar-refractivity contribution in [1.82, 2.24) is 15.5 Å². The van der Waals surface area contributed by atoms with Gasteiger partial charge in [0.15, 0.2) is 0 Å². The lowest BCUT2D eigenvalue weighted by molar-refractivity contribution is -0.157. The Balaban J connectivity index is 1.53. The van der Waals surface area contributed by atoms with Crippen LogP contribution in [0.25, 0.3) is 0 Å². The Kier molecular flexibility index (Phi) is 3.56. The lowest BCUT2D eigenvalue weighted by Gasteiger charge is -2.39. The third-order valence-electron chi connectivity index (χ3n) is 3.91. The highest BCUT2D eigenvalue weighted by molar-refractivity contribution is 5.95. The third kappa shape index (κ3) is 2.66. The van der Waals surface area contributed by atoms with E-state index in [-0.39, 0.29) is 30.3 Å². The zero-order chi connectivity index (χ0) is 13.2.